The Morgan fingerprint density at radius 2 is 2.11 bits per heavy atom. The predicted molar refractivity (Wildman–Crippen MR) is 77.6 cm³/mol. The first-order valence-electron chi connectivity index (χ1n) is 6.92. The van der Waals surface area contributed by atoms with Crippen LogP contribution in [0.15, 0.2) is 27.8 Å². The van der Waals surface area contributed by atoms with Gasteiger partial charge in [0, 0.05) is 24.8 Å². The second-order valence-corrected chi connectivity index (χ2v) is 6.17. The molecule has 0 aromatic carbocycles. The first-order chi connectivity index (χ1) is 8.94. The lowest BCUT2D eigenvalue weighted by molar-refractivity contribution is -0.117. The van der Waals surface area contributed by atoms with Crippen molar-refractivity contribution in [3.05, 3.63) is 22.8 Å². The molecule has 19 heavy (non-hydrogen) atoms. The highest BCUT2D eigenvalue weighted by Gasteiger charge is 2.35. The van der Waals surface area contributed by atoms with Gasteiger partial charge < -0.3 is 4.74 Å². The second-order valence-electron chi connectivity index (χ2n) is 6.17. The molecule has 0 saturated heterocycles. The summed E-state index contributed by atoms with van der Waals surface area (Å²) in [4.78, 5) is 16.8. The molecule has 1 heterocycles. The van der Waals surface area contributed by atoms with E-state index in [1.165, 1.54) is 5.57 Å². The fourth-order valence-corrected chi connectivity index (χ4v) is 2.93. The summed E-state index contributed by atoms with van der Waals surface area (Å²) in [6, 6.07) is 0. The van der Waals surface area contributed by atoms with Gasteiger partial charge in [0.2, 0.25) is 0 Å². The van der Waals surface area contributed by atoms with E-state index >= 15 is 0 Å². The predicted octanol–water partition coefficient (Wildman–Crippen LogP) is 3.11. The van der Waals surface area contributed by atoms with E-state index in [1.54, 1.807) is 7.05 Å². The number of allylic oxidation sites excluding steroid dienone is 2. The molecule has 1 aliphatic heterocycles. The molecule has 2 aliphatic rings. The Kier molecular flexibility index (Phi) is 4.04. The van der Waals surface area contributed by atoms with Crippen LogP contribution in [0.1, 0.15) is 40.0 Å². The number of ketones is 1. The lowest BCUT2D eigenvalue weighted by Gasteiger charge is -2.32. The van der Waals surface area contributed by atoms with Crippen molar-refractivity contribution in [1.82, 2.24) is 0 Å². The molecular formula is C16H23NO2. The SMILES string of the molecule is C/N=C1/CC(C)(C)CC(=O)/C1=C(/C)C1=CCOCC1. The van der Waals surface area contributed by atoms with Gasteiger partial charge in [0.25, 0.3) is 0 Å². The smallest absolute Gasteiger partial charge is 0.165 e. The summed E-state index contributed by atoms with van der Waals surface area (Å²) in [6.45, 7) is 7.71. The molecule has 0 spiro atoms. The van der Waals surface area contributed by atoms with Gasteiger partial charge in [0.15, 0.2) is 5.78 Å². The summed E-state index contributed by atoms with van der Waals surface area (Å²) in [5.41, 5.74) is 4.20. The van der Waals surface area contributed by atoms with E-state index < -0.39 is 0 Å². The molecule has 1 fully saturated rings. The zero-order valence-electron chi connectivity index (χ0n) is 12.4. The Bertz CT molecular complexity index is 481. The van der Waals surface area contributed by atoms with E-state index in [4.69, 9.17) is 4.74 Å². The van der Waals surface area contributed by atoms with Gasteiger partial charge in [-0.1, -0.05) is 19.9 Å². The van der Waals surface area contributed by atoms with Crippen molar-refractivity contribution in [1.29, 1.82) is 0 Å². The minimum Gasteiger partial charge on any atom is -0.377 e. The number of carbonyl (C=O) groups excluding carboxylic acids is 1. The van der Waals surface area contributed by atoms with Gasteiger partial charge in [-0.05, 0) is 36.3 Å². The van der Waals surface area contributed by atoms with Crippen molar-refractivity contribution in [3.63, 3.8) is 0 Å². The van der Waals surface area contributed by atoms with Gasteiger partial charge in [-0.15, -0.1) is 0 Å². The molecule has 0 radical (unpaired) electrons. The standard InChI is InChI=1S/C16H23NO2/c1-11(12-5-7-19-8-6-12)15-13(17-4)9-16(2,3)10-14(15)18/h5H,6-10H2,1-4H3/b15-11-,17-13-. The third kappa shape index (κ3) is 3.03. The van der Waals surface area contributed by atoms with Crippen LogP contribution in [0, 0.1) is 5.41 Å². The van der Waals surface area contributed by atoms with Gasteiger partial charge in [-0.25, -0.2) is 0 Å². The summed E-state index contributed by atoms with van der Waals surface area (Å²) >= 11 is 0. The van der Waals surface area contributed by atoms with Gasteiger partial charge in [0.05, 0.1) is 13.2 Å². The molecular weight excluding hydrogens is 238 g/mol. The van der Waals surface area contributed by atoms with Crippen molar-refractivity contribution in [2.75, 3.05) is 20.3 Å². The molecule has 3 nitrogen and oxygen atoms in total. The molecule has 0 aromatic heterocycles. The molecule has 0 atom stereocenters. The van der Waals surface area contributed by atoms with E-state index in [1.807, 2.05) is 6.92 Å². The maximum atomic E-state index is 12.5. The van der Waals surface area contributed by atoms with Crippen molar-refractivity contribution < 1.29 is 9.53 Å². The number of rotatable bonds is 1. The van der Waals surface area contributed by atoms with Crippen LogP contribution in [0.4, 0.5) is 0 Å². The minimum absolute atomic E-state index is 0.0275. The Morgan fingerprint density at radius 1 is 1.37 bits per heavy atom. The maximum absolute atomic E-state index is 12.5. The molecule has 1 aliphatic carbocycles. The topological polar surface area (TPSA) is 38.7 Å². The number of nitrogens with zero attached hydrogens (tertiary/aromatic N) is 1. The third-order valence-electron chi connectivity index (χ3n) is 3.94. The van der Waals surface area contributed by atoms with Crippen molar-refractivity contribution >= 4 is 11.5 Å². The molecule has 3 heteroatoms. The van der Waals surface area contributed by atoms with Gasteiger partial charge >= 0.3 is 0 Å². The Labute approximate surface area is 115 Å². The van der Waals surface area contributed by atoms with Crippen molar-refractivity contribution in [2.45, 2.75) is 40.0 Å². The van der Waals surface area contributed by atoms with Crippen LogP contribution < -0.4 is 0 Å². The van der Waals surface area contributed by atoms with Crippen LogP contribution in [0.25, 0.3) is 0 Å². The molecule has 0 aromatic rings. The van der Waals surface area contributed by atoms with Crippen molar-refractivity contribution in [2.24, 2.45) is 10.4 Å². The van der Waals surface area contributed by atoms with E-state index in [2.05, 4.69) is 24.9 Å². The first kappa shape index (κ1) is 14.2. The van der Waals surface area contributed by atoms with Crippen molar-refractivity contribution in [3.8, 4) is 0 Å². The van der Waals surface area contributed by atoms with Crippen LogP contribution in [0.3, 0.4) is 0 Å². The average Bonchev–Trinajstić information content (AvgIpc) is 2.37. The van der Waals surface area contributed by atoms with E-state index in [9.17, 15) is 4.79 Å². The van der Waals surface area contributed by atoms with Gasteiger partial charge in [0.1, 0.15) is 0 Å². The Balaban J connectivity index is 2.41. The Morgan fingerprint density at radius 3 is 2.68 bits per heavy atom. The summed E-state index contributed by atoms with van der Waals surface area (Å²) in [5.74, 6) is 0.238. The van der Waals surface area contributed by atoms with Crippen LogP contribution >= 0.6 is 0 Å². The van der Waals surface area contributed by atoms with E-state index in [-0.39, 0.29) is 11.2 Å². The second kappa shape index (κ2) is 5.41. The number of hydrogen-bond acceptors (Lipinski definition) is 3. The van der Waals surface area contributed by atoms with E-state index in [0.717, 1.165) is 36.3 Å². The normalized spacial score (nSPS) is 28.3. The molecule has 2 rings (SSSR count). The monoisotopic (exact) mass is 261 g/mol. The number of Topliss-reactive ketones (excluding diaryl/α,β-unsaturated/α-hetero) is 1. The summed E-state index contributed by atoms with van der Waals surface area (Å²) < 4.78 is 5.34. The quantitative estimate of drug-likeness (QED) is 0.680. The molecule has 0 unspecified atom stereocenters. The average molecular weight is 261 g/mol. The fourth-order valence-electron chi connectivity index (χ4n) is 2.93. The summed E-state index contributed by atoms with van der Waals surface area (Å²) in [6.07, 6.45) is 4.48. The lowest BCUT2D eigenvalue weighted by atomic mass is 9.72. The largest absolute Gasteiger partial charge is 0.377 e. The third-order valence-corrected chi connectivity index (χ3v) is 3.94. The first-order valence-corrected chi connectivity index (χ1v) is 6.92. The summed E-state index contributed by atoms with van der Waals surface area (Å²) in [7, 11) is 1.79. The van der Waals surface area contributed by atoms with Gasteiger partial charge in [-0.3, -0.25) is 9.79 Å². The van der Waals surface area contributed by atoms with E-state index in [0.29, 0.717) is 13.0 Å². The fraction of sp³-hybridized carbons (Fsp3) is 0.625. The highest BCUT2D eigenvalue weighted by Crippen LogP contribution is 2.36. The molecule has 0 amide bonds. The maximum Gasteiger partial charge on any atom is 0.165 e. The number of hydrogen-bond donors (Lipinski definition) is 0. The molecule has 104 valence electrons. The zero-order valence-corrected chi connectivity index (χ0v) is 12.4. The van der Waals surface area contributed by atoms with Crippen LogP contribution in [-0.4, -0.2) is 31.8 Å². The number of aliphatic imine (C=N–C) groups is 1. The van der Waals surface area contributed by atoms with Gasteiger partial charge in [-0.2, -0.15) is 0 Å². The molecule has 0 N–H and O–H groups in total. The molecule has 1 saturated carbocycles. The van der Waals surface area contributed by atoms with Crippen LogP contribution in [-0.2, 0) is 9.53 Å². The highest BCUT2D eigenvalue weighted by molar-refractivity contribution is 6.25. The minimum atomic E-state index is 0.0275. The van der Waals surface area contributed by atoms with Crippen LogP contribution in [0.2, 0.25) is 0 Å². The zero-order chi connectivity index (χ0) is 14.0. The number of carbonyl (C=O) groups is 1. The number of ether oxygens (including phenoxy) is 1. The lowest BCUT2D eigenvalue weighted by Crippen LogP contribution is -2.32. The molecule has 0 bridgehead atoms. The summed E-state index contributed by atoms with van der Waals surface area (Å²) in [5, 5.41) is 0. The van der Waals surface area contributed by atoms with Crippen LogP contribution in [0.5, 0.6) is 0 Å². The Hall–Kier alpha value is -1.22. The highest BCUT2D eigenvalue weighted by atomic mass is 16.5.